The summed E-state index contributed by atoms with van der Waals surface area (Å²) in [5, 5.41) is 2.54. The number of allylic oxidation sites excluding steroid dienone is 4. The molecular formula is C42H31N. The predicted octanol–water partition coefficient (Wildman–Crippen LogP) is 11.2. The maximum absolute atomic E-state index is 2.40. The molecule has 8 rings (SSSR count). The molecule has 0 unspecified atom stereocenters. The molecule has 0 atom stereocenters. The number of para-hydroxylation sites is 1. The average Bonchev–Trinajstić information content (AvgIpc) is 3.41. The highest BCUT2D eigenvalue weighted by molar-refractivity contribution is 6.10. The maximum Gasteiger partial charge on any atom is 0.0541 e. The molecule has 0 saturated heterocycles. The number of benzene rings is 6. The molecule has 0 radical (unpaired) electrons. The third-order valence-corrected chi connectivity index (χ3v) is 8.84. The van der Waals surface area contributed by atoms with Crippen LogP contribution in [0.3, 0.4) is 0 Å². The van der Waals surface area contributed by atoms with Crippen molar-refractivity contribution in [1.82, 2.24) is 4.57 Å². The van der Waals surface area contributed by atoms with Crippen molar-refractivity contribution in [2.75, 3.05) is 0 Å². The first-order valence-corrected chi connectivity index (χ1v) is 15.0. The fraction of sp³-hybridized carbons (Fsp3) is 0.0476. The lowest BCUT2D eigenvalue weighted by Crippen LogP contribution is -2.03. The fourth-order valence-corrected chi connectivity index (χ4v) is 6.75. The standard InChI is InChI=1S/C42H31N/c1-2-29(26-34-27-33-14-6-7-15-36(33)38-17-9-8-16-37(34)38)32-22-25-42-40(28-32)39-18-10-11-19-41(39)43(42)35-23-20-31(21-24-35)30-12-4-3-5-13-30/h2-26,28H,27H2,1H3/b29-2+,34-26+. The van der Waals surface area contributed by atoms with Gasteiger partial charge in [0.2, 0.25) is 0 Å². The summed E-state index contributed by atoms with van der Waals surface area (Å²) >= 11 is 0. The Hall–Kier alpha value is -5.40. The Morgan fingerprint density at radius 2 is 1.21 bits per heavy atom. The minimum Gasteiger partial charge on any atom is -0.309 e. The first-order chi connectivity index (χ1) is 21.3. The number of hydrogen-bond donors (Lipinski definition) is 0. The van der Waals surface area contributed by atoms with E-state index in [1.165, 1.54) is 77.6 Å². The molecule has 0 fully saturated rings. The average molecular weight is 550 g/mol. The van der Waals surface area contributed by atoms with Crippen molar-refractivity contribution in [3.63, 3.8) is 0 Å². The first-order valence-electron chi connectivity index (χ1n) is 15.0. The molecule has 1 aliphatic rings. The van der Waals surface area contributed by atoms with Crippen LogP contribution in [0, 0.1) is 0 Å². The van der Waals surface area contributed by atoms with E-state index in [4.69, 9.17) is 0 Å². The summed E-state index contributed by atoms with van der Waals surface area (Å²) in [5.74, 6) is 0. The Labute approximate surface area is 252 Å². The van der Waals surface area contributed by atoms with Crippen LogP contribution in [0.1, 0.15) is 23.6 Å². The molecule has 6 aromatic carbocycles. The monoisotopic (exact) mass is 549 g/mol. The van der Waals surface area contributed by atoms with Gasteiger partial charge in [-0.3, -0.25) is 0 Å². The van der Waals surface area contributed by atoms with Crippen LogP contribution in [0.2, 0.25) is 0 Å². The van der Waals surface area contributed by atoms with E-state index in [2.05, 4.69) is 169 Å². The summed E-state index contributed by atoms with van der Waals surface area (Å²) in [7, 11) is 0. The summed E-state index contributed by atoms with van der Waals surface area (Å²) in [6, 6.07) is 52.9. The minimum absolute atomic E-state index is 0.936. The van der Waals surface area contributed by atoms with E-state index in [1.807, 2.05) is 0 Å². The Balaban J connectivity index is 1.23. The molecule has 0 bridgehead atoms. The third-order valence-electron chi connectivity index (χ3n) is 8.84. The lowest BCUT2D eigenvalue weighted by Gasteiger charge is -2.23. The molecule has 1 aliphatic carbocycles. The van der Waals surface area contributed by atoms with Gasteiger partial charge >= 0.3 is 0 Å². The number of hydrogen-bond acceptors (Lipinski definition) is 0. The van der Waals surface area contributed by atoms with E-state index in [9.17, 15) is 0 Å². The van der Waals surface area contributed by atoms with Gasteiger partial charge in [-0.2, -0.15) is 0 Å². The van der Waals surface area contributed by atoms with E-state index in [-0.39, 0.29) is 0 Å². The van der Waals surface area contributed by atoms with Crippen LogP contribution in [-0.2, 0) is 6.42 Å². The van der Waals surface area contributed by atoms with E-state index >= 15 is 0 Å². The topological polar surface area (TPSA) is 4.93 Å². The lowest BCUT2D eigenvalue weighted by molar-refractivity contribution is 1.18. The summed E-state index contributed by atoms with van der Waals surface area (Å²) in [4.78, 5) is 0. The van der Waals surface area contributed by atoms with Gasteiger partial charge in [0.05, 0.1) is 11.0 Å². The quantitative estimate of drug-likeness (QED) is 0.206. The zero-order chi connectivity index (χ0) is 28.8. The van der Waals surface area contributed by atoms with Crippen molar-refractivity contribution in [2.24, 2.45) is 0 Å². The highest BCUT2D eigenvalue weighted by Gasteiger charge is 2.20. The second-order valence-electron chi connectivity index (χ2n) is 11.3. The van der Waals surface area contributed by atoms with E-state index < -0.39 is 0 Å². The largest absolute Gasteiger partial charge is 0.309 e. The van der Waals surface area contributed by atoms with Crippen LogP contribution >= 0.6 is 0 Å². The minimum atomic E-state index is 0.936. The van der Waals surface area contributed by atoms with Gasteiger partial charge in [0, 0.05) is 16.5 Å². The molecule has 1 heteroatoms. The Morgan fingerprint density at radius 3 is 2.02 bits per heavy atom. The van der Waals surface area contributed by atoms with Crippen LogP contribution in [0.4, 0.5) is 0 Å². The van der Waals surface area contributed by atoms with Gasteiger partial charge in [0.15, 0.2) is 0 Å². The highest BCUT2D eigenvalue weighted by atomic mass is 15.0. The summed E-state index contributed by atoms with van der Waals surface area (Å²) < 4.78 is 2.39. The second kappa shape index (κ2) is 10.5. The van der Waals surface area contributed by atoms with Gasteiger partial charge in [-0.05, 0) is 93.8 Å². The van der Waals surface area contributed by atoms with Crippen LogP contribution in [-0.4, -0.2) is 4.57 Å². The highest BCUT2D eigenvalue weighted by Crippen LogP contribution is 2.41. The Bertz CT molecular complexity index is 2190. The zero-order valence-electron chi connectivity index (χ0n) is 24.2. The van der Waals surface area contributed by atoms with E-state index in [0.29, 0.717) is 0 Å². The molecule has 43 heavy (non-hydrogen) atoms. The smallest absolute Gasteiger partial charge is 0.0541 e. The van der Waals surface area contributed by atoms with Gasteiger partial charge in [0.1, 0.15) is 0 Å². The van der Waals surface area contributed by atoms with Crippen LogP contribution < -0.4 is 0 Å². The summed E-state index contributed by atoms with van der Waals surface area (Å²) in [6.45, 7) is 2.15. The summed E-state index contributed by atoms with van der Waals surface area (Å²) in [5.41, 5.74) is 15.3. The zero-order valence-corrected chi connectivity index (χ0v) is 24.2. The molecule has 0 amide bonds. The third kappa shape index (κ3) is 4.33. The maximum atomic E-state index is 2.40. The molecule has 7 aromatic rings. The van der Waals surface area contributed by atoms with Crippen molar-refractivity contribution < 1.29 is 0 Å². The van der Waals surface area contributed by atoms with E-state index in [0.717, 1.165) is 6.42 Å². The second-order valence-corrected chi connectivity index (χ2v) is 11.3. The fourth-order valence-electron chi connectivity index (χ4n) is 6.75. The molecule has 0 aliphatic heterocycles. The van der Waals surface area contributed by atoms with Crippen molar-refractivity contribution in [2.45, 2.75) is 13.3 Å². The van der Waals surface area contributed by atoms with Crippen LogP contribution in [0.25, 0.3) is 60.9 Å². The molecule has 0 saturated carbocycles. The van der Waals surface area contributed by atoms with Crippen molar-refractivity contribution in [1.29, 1.82) is 0 Å². The van der Waals surface area contributed by atoms with Crippen LogP contribution in [0.5, 0.6) is 0 Å². The Kier molecular flexibility index (Phi) is 6.16. The SMILES string of the molecule is C/C=C(\C=C1/Cc2ccccc2-c2ccccc21)c1ccc2c(c1)c1ccccc1n2-c1ccc(-c2ccccc2)cc1. The molecule has 1 aromatic heterocycles. The van der Waals surface area contributed by atoms with Gasteiger partial charge < -0.3 is 4.57 Å². The normalized spacial score (nSPS) is 13.8. The Morgan fingerprint density at radius 1 is 0.558 bits per heavy atom. The molecule has 204 valence electrons. The van der Waals surface area contributed by atoms with Gasteiger partial charge in [-0.25, -0.2) is 0 Å². The van der Waals surface area contributed by atoms with Crippen molar-refractivity contribution in [3.05, 3.63) is 174 Å². The molecule has 1 nitrogen and oxygen atoms in total. The van der Waals surface area contributed by atoms with Gasteiger partial charge in [0.25, 0.3) is 0 Å². The lowest BCUT2D eigenvalue weighted by atomic mass is 9.81. The molecule has 0 N–H and O–H groups in total. The first kappa shape index (κ1) is 25.3. The number of fused-ring (bicyclic) bond motifs is 6. The van der Waals surface area contributed by atoms with E-state index in [1.54, 1.807) is 0 Å². The number of nitrogens with zero attached hydrogens (tertiary/aromatic N) is 1. The molecular weight excluding hydrogens is 518 g/mol. The van der Waals surface area contributed by atoms with Gasteiger partial charge in [-0.15, -0.1) is 0 Å². The van der Waals surface area contributed by atoms with Crippen molar-refractivity contribution >= 4 is 33.0 Å². The molecule has 0 spiro atoms. The number of aromatic nitrogens is 1. The molecule has 1 heterocycles. The van der Waals surface area contributed by atoms with Gasteiger partial charge in [-0.1, -0.05) is 127 Å². The number of rotatable bonds is 4. The summed E-state index contributed by atoms with van der Waals surface area (Å²) in [6.07, 6.45) is 5.58. The predicted molar refractivity (Wildman–Crippen MR) is 183 cm³/mol. The van der Waals surface area contributed by atoms with Crippen molar-refractivity contribution in [3.8, 4) is 27.9 Å². The van der Waals surface area contributed by atoms with Crippen LogP contribution in [0.15, 0.2) is 158 Å².